The van der Waals surface area contributed by atoms with E-state index in [1.165, 1.54) is 51.8 Å². The number of aromatic nitrogens is 1. The molecule has 7 nitrogen and oxygen atoms in total. The molecular formula is C19H17FN2O5. The maximum Gasteiger partial charge on any atom is 0.261 e. The molecule has 3 aromatic rings. The van der Waals surface area contributed by atoms with Crippen molar-refractivity contribution in [2.24, 2.45) is 0 Å². The second kappa shape index (κ2) is 7.77. The lowest BCUT2D eigenvalue weighted by atomic mass is 10.1. The molecule has 0 aliphatic heterocycles. The first-order valence-corrected chi connectivity index (χ1v) is 7.89. The third-order valence-corrected chi connectivity index (χ3v) is 3.84. The van der Waals surface area contributed by atoms with Crippen molar-refractivity contribution in [3.05, 3.63) is 54.0 Å². The SMILES string of the molecule is COc1cc(NC(=O)c2cnoc2-c2ccc(F)cc2)cc(OC)c1OC. The number of methoxy groups -OCH3 is 3. The van der Waals surface area contributed by atoms with Crippen molar-refractivity contribution in [2.75, 3.05) is 26.6 Å². The summed E-state index contributed by atoms with van der Waals surface area (Å²) < 4.78 is 34.1. The van der Waals surface area contributed by atoms with Crippen LogP contribution in [0.5, 0.6) is 17.2 Å². The first-order chi connectivity index (χ1) is 13.1. The first kappa shape index (κ1) is 18.2. The third-order valence-electron chi connectivity index (χ3n) is 3.84. The van der Waals surface area contributed by atoms with Crippen LogP contribution in [0.2, 0.25) is 0 Å². The molecule has 140 valence electrons. The van der Waals surface area contributed by atoms with Crippen molar-refractivity contribution in [2.45, 2.75) is 0 Å². The van der Waals surface area contributed by atoms with Gasteiger partial charge in [-0.1, -0.05) is 5.16 Å². The van der Waals surface area contributed by atoms with E-state index in [9.17, 15) is 9.18 Å². The summed E-state index contributed by atoms with van der Waals surface area (Å²) in [5, 5.41) is 6.42. The molecule has 1 amide bonds. The molecule has 2 aromatic carbocycles. The Morgan fingerprint density at radius 3 is 2.22 bits per heavy atom. The summed E-state index contributed by atoms with van der Waals surface area (Å²) in [6.45, 7) is 0. The van der Waals surface area contributed by atoms with E-state index in [1.807, 2.05) is 0 Å². The zero-order valence-corrected chi connectivity index (χ0v) is 14.9. The monoisotopic (exact) mass is 372 g/mol. The largest absolute Gasteiger partial charge is 0.493 e. The van der Waals surface area contributed by atoms with Gasteiger partial charge in [0.2, 0.25) is 5.75 Å². The molecule has 0 bridgehead atoms. The summed E-state index contributed by atoms with van der Waals surface area (Å²) in [5.41, 5.74) is 1.17. The predicted molar refractivity (Wildman–Crippen MR) is 95.9 cm³/mol. The van der Waals surface area contributed by atoms with E-state index in [0.29, 0.717) is 28.5 Å². The van der Waals surface area contributed by atoms with Gasteiger partial charge in [-0.25, -0.2) is 4.39 Å². The Balaban J connectivity index is 1.91. The van der Waals surface area contributed by atoms with Crippen LogP contribution in [0.1, 0.15) is 10.4 Å². The van der Waals surface area contributed by atoms with Gasteiger partial charge in [0.1, 0.15) is 11.4 Å². The van der Waals surface area contributed by atoms with Crippen LogP contribution in [-0.2, 0) is 0 Å². The van der Waals surface area contributed by atoms with E-state index in [1.54, 1.807) is 12.1 Å². The Kier molecular flexibility index (Phi) is 5.25. The molecule has 1 aromatic heterocycles. The van der Waals surface area contributed by atoms with Crippen LogP contribution in [0.15, 0.2) is 47.1 Å². The van der Waals surface area contributed by atoms with Crippen LogP contribution < -0.4 is 19.5 Å². The van der Waals surface area contributed by atoms with Gasteiger partial charge in [0.25, 0.3) is 5.91 Å². The number of nitrogens with zero attached hydrogens (tertiary/aromatic N) is 1. The van der Waals surface area contributed by atoms with Crippen LogP contribution in [0.3, 0.4) is 0 Å². The van der Waals surface area contributed by atoms with Gasteiger partial charge >= 0.3 is 0 Å². The molecule has 0 unspecified atom stereocenters. The van der Waals surface area contributed by atoms with Crippen molar-refractivity contribution in [3.8, 4) is 28.6 Å². The molecule has 0 aliphatic carbocycles. The smallest absolute Gasteiger partial charge is 0.261 e. The minimum atomic E-state index is -0.454. The molecule has 3 rings (SSSR count). The molecule has 27 heavy (non-hydrogen) atoms. The number of carbonyl (C=O) groups excluding carboxylic acids is 1. The van der Waals surface area contributed by atoms with Gasteiger partial charge in [-0.05, 0) is 24.3 Å². The van der Waals surface area contributed by atoms with Crippen molar-refractivity contribution < 1.29 is 27.9 Å². The van der Waals surface area contributed by atoms with Gasteiger partial charge in [-0.15, -0.1) is 0 Å². The third kappa shape index (κ3) is 3.69. The number of halogens is 1. The Labute approximate surface area is 154 Å². The highest BCUT2D eigenvalue weighted by Gasteiger charge is 2.20. The van der Waals surface area contributed by atoms with Gasteiger partial charge in [-0.2, -0.15) is 0 Å². The molecule has 1 heterocycles. The number of nitrogens with one attached hydrogen (secondary N) is 1. The molecule has 0 atom stereocenters. The highest BCUT2D eigenvalue weighted by atomic mass is 19.1. The van der Waals surface area contributed by atoms with Crippen LogP contribution in [-0.4, -0.2) is 32.4 Å². The number of anilines is 1. The predicted octanol–water partition coefficient (Wildman–Crippen LogP) is 3.76. The zero-order chi connectivity index (χ0) is 19.4. The molecular weight excluding hydrogens is 355 g/mol. The molecule has 0 saturated heterocycles. The summed E-state index contributed by atoms with van der Waals surface area (Å²) in [5.74, 6) is 0.605. The summed E-state index contributed by atoms with van der Waals surface area (Å²) >= 11 is 0. The number of benzene rings is 2. The minimum absolute atomic E-state index is 0.204. The van der Waals surface area contributed by atoms with E-state index in [0.717, 1.165) is 0 Å². The second-order valence-corrected chi connectivity index (χ2v) is 5.44. The molecule has 0 fully saturated rings. The van der Waals surface area contributed by atoms with Gasteiger partial charge < -0.3 is 24.1 Å². The average molecular weight is 372 g/mol. The number of rotatable bonds is 6. The van der Waals surface area contributed by atoms with Crippen molar-refractivity contribution >= 4 is 11.6 Å². The Hall–Kier alpha value is -3.55. The van der Waals surface area contributed by atoms with E-state index < -0.39 is 5.91 Å². The topological polar surface area (TPSA) is 82.8 Å². The van der Waals surface area contributed by atoms with Gasteiger partial charge in [0, 0.05) is 23.4 Å². The molecule has 1 N–H and O–H groups in total. The quantitative estimate of drug-likeness (QED) is 0.709. The maximum atomic E-state index is 13.1. The lowest BCUT2D eigenvalue weighted by molar-refractivity contribution is 0.102. The van der Waals surface area contributed by atoms with Crippen LogP contribution >= 0.6 is 0 Å². The number of hydrogen-bond donors (Lipinski definition) is 1. The normalized spacial score (nSPS) is 10.4. The van der Waals surface area contributed by atoms with E-state index in [2.05, 4.69) is 10.5 Å². The molecule has 8 heteroatoms. The number of hydrogen-bond acceptors (Lipinski definition) is 6. The van der Waals surface area contributed by atoms with Gasteiger partial charge in [-0.3, -0.25) is 4.79 Å². The second-order valence-electron chi connectivity index (χ2n) is 5.44. The van der Waals surface area contributed by atoms with Crippen LogP contribution in [0.4, 0.5) is 10.1 Å². The Bertz CT molecular complexity index is 928. The summed E-state index contributed by atoms with van der Waals surface area (Å²) in [7, 11) is 4.45. The van der Waals surface area contributed by atoms with Crippen molar-refractivity contribution in [1.29, 1.82) is 0 Å². The Morgan fingerprint density at radius 2 is 1.67 bits per heavy atom. The molecule has 0 aliphatic rings. The fraction of sp³-hybridized carbons (Fsp3) is 0.158. The fourth-order valence-corrected chi connectivity index (χ4v) is 2.56. The fourth-order valence-electron chi connectivity index (χ4n) is 2.56. The summed E-state index contributed by atoms with van der Waals surface area (Å²) in [6, 6.07) is 8.77. The highest BCUT2D eigenvalue weighted by molar-refractivity contribution is 6.07. The number of carbonyl (C=O) groups is 1. The summed E-state index contributed by atoms with van der Waals surface area (Å²) in [6.07, 6.45) is 1.30. The molecule has 0 spiro atoms. The van der Waals surface area contributed by atoms with Crippen molar-refractivity contribution in [1.82, 2.24) is 5.16 Å². The lowest BCUT2D eigenvalue weighted by Crippen LogP contribution is -2.12. The lowest BCUT2D eigenvalue weighted by Gasteiger charge is -2.14. The van der Waals surface area contributed by atoms with E-state index >= 15 is 0 Å². The van der Waals surface area contributed by atoms with E-state index in [-0.39, 0.29) is 17.1 Å². The maximum absolute atomic E-state index is 13.1. The molecule has 0 radical (unpaired) electrons. The average Bonchev–Trinajstić information content (AvgIpc) is 3.17. The number of amides is 1. The zero-order valence-electron chi connectivity index (χ0n) is 14.9. The highest BCUT2D eigenvalue weighted by Crippen LogP contribution is 2.40. The van der Waals surface area contributed by atoms with Crippen LogP contribution in [0.25, 0.3) is 11.3 Å². The van der Waals surface area contributed by atoms with Gasteiger partial charge in [0.15, 0.2) is 17.3 Å². The van der Waals surface area contributed by atoms with Crippen molar-refractivity contribution in [3.63, 3.8) is 0 Å². The van der Waals surface area contributed by atoms with Crippen LogP contribution in [0, 0.1) is 5.82 Å². The van der Waals surface area contributed by atoms with Gasteiger partial charge in [0.05, 0.1) is 27.5 Å². The summed E-state index contributed by atoms with van der Waals surface area (Å²) in [4.78, 5) is 12.7. The Morgan fingerprint density at radius 1 is 1.04 bits per heavy atom. The first-order valence-electron chi connectivity index (χ1n) is 7.89. The standard InChI is InChI=1S/C19H17FN2O5/c1-24-15-8-13(9-16(25-2)18(15)26-3)22-19(23)14-10-21-27-17(14)11-4-6-12(20)7-5-11/h4-10H,1-3H3,(H,22,23). The minimum Gasteiger partial charge on any atom is -0.493 e. The van der Waals surface area contributed by atoms with E-state index in [4.69, 9.17) is 18.7 Å². The number of ether oxygens (including phenoxy) is 3. The molecule has 0 saturated carbocycles.